The Morgan fingerprint density at radius 1 is 1.04 bits per heavy atom. The molecule has 0 bridgehead atoms. The number of carbonyl (C=O) groups is 3. The van der Waals surface area contributed by atoms with Gasteiger partial charge in [-0.05, 0) is 36.8 Å². The van der Waals surface area contributed by atoms with Crippen LogP contribution >= 0.6 is 0 Å². The van der Waals surface area contributed by atoms with Crippen LogP contribution in [0.2, 0.25) is 0 Å². The van der Waals surface area contributed by atoms with E-state index < -0.39 is 23.4 Å². The van der Waals surface area contributed by atoms with Crippen LogP contribution in [0, 0.1) is 0 Å². The van der Waals surface area contributed by atoms with Gasteiger partial charge in [0.05, 0.1) is 5.56 Å². The lowest BCUT2D eigenvalue weighted by Gasteiger charge is -2.32. The van der Waals surface area contributed by atoms with Crippen LogP contribution in [-0.2, 0) is 16.0 Å². The maximum absolute atomic E-state index is 12.6. The van der Waals surface area contributed by atoms with Gasteiger partial charge < -0.3 is 14.2 Å². The highest BCUT2D eigenvalue weighted by Crippen LogP contribution is 2.32. The highest BCUT2D eigenvalue weighted by molar-refractivity contribution is 5.99. The maximum Gasteiger partial charge on any atom is 0.339 e. The molecule has 0 fully saturated rings. The number of nitrogens with one attached hydrogen (secondary N) is 2. The van der Waals surface area contributed by atoms with Gasteiger partial charge >= 0.3 is 5.97 Å². The van der Waals surface area contributed by atoms with Gasteiger partial charge in [-0.3, -0.25) is 20.4 Å². The fourth-order valence-electron chi connectivity index (χ4n) is 3.01. The lowest BCUT2D eigenvalue weighted by Crippen LogP contribution is -2.56. The van der Waals surface area contributed by atoms with Crippen LogP contribution in [-0.4, -0.2) is 30.2 Å². The molecule has 138 valence electrons. The molecule has 0 saturated carbocycles. The molecule has 2 aliphatic heterocycles. The molecule has 0 saturated heterocycles. The molecule has 2 aromatic rings. The van der Waals surface area contributed by atoms with Gasteiger partial charge in [-0.1, -0.05) is 18.2 Å². The van der Waals surface area contributed by atoms with Crippen LogP contribution in [0.5, 0.6) is 11.5 Å². The molecule has 4 rings (SSSR count). The van der Waals surface area contributed by atoms with Crippen molar-refractivity contribution in [2.45, 2.75) is 18.9 Å². The molecular weight excluding hydrogens is 352 g/mol. The van der Waals surface area contributed by atoms with Crippen LogP contribution < -0.4 is 20.3 Å². The summed E-state index contributed by atoms with van der Waals surface area (Å²) in [6, 6.07) is 11.6. The third-order valence-corrected chi connectivity index (χ3v) is 4.49. The molecule has 2 heterocycles. The Morgan fingerprint density at radius 3 is 2.67 bits per heavy atom. The molecular formula is C19H16N2O6. The normalized spacial score (nSPS) is 19.7. The van der Waals surface area contributed by atoms with Crippen molar-refractivity contribution in [3.05, 3.63) is 59.2 Å². The number of benzene rings is 2. The molecule has 27 heavy (non-hydrogen) atoms. The minimum atomic E-state index is -1.42. The van der Waals surface area contributed by atoms with E-state index in [0.717, 1.165) is 0 Å². The highest BCUT2D eigenvalue weighted by atomic mass is 16.7. The Hall–Kier alpha value is -3.55. The number of hydrogen-bond donors (Lipinski definition) is 2. The van der Waals surface area contributed by atoms with Gasteiger partial charge in [-0.25, -0.2) is 4.79 Å². The summed E-state index contributed by atoms with van der Waals surface area (Å²) in [6.07, 6.45) is 0.209. The molecule has 2 aromatic carbocycles. The summed E-state index contributed by atoms with van der Waals surface area (Å²) in [7, 11) is 0. The van der Waals surface area contributed by atoms with E-state index in [2.05, 4.69) is 10.9 Å². The van der Waals surface area contributed by atoms with Crippen molar-refractivity contribution in [3.8, 4) is 11.5 Å². The molecule has 1 atom stereocenters. The molecule has 2 amide bonds. The van der Waals surface area contributed by atoms with Gasteiger partial charge in [0.15, 0.2) is 17.1 Å². The van der Waals surface area contributed by atoms with Crippen LogP contribution in [0.25, 0.3) is 0 Å². The van der Waals surface area contributed by atoms with E-state index in [-0.39, 0.29) is 18.8 Å². The predicted octanol–water partition coefficient (Wildman–Crippen LogP) is 1.35. The number of carbonyl (C=O) groups excluding carboxylic acids is 3. The first-order valence-electron chi connectivity index (χ1n) is 8.28. The summed E-state index contributed by atoms with van der Waals surface area (Å²) < 4.78 is 15.7. The quantitative estimate of drug-likeness (QED) is 0.613. The summed E-state index contributed by atoms with van der Waals surface area (Å²) in [6.45, 7) is 1.60. The molecule has 0 radical (unpaired) electrons. The van der Waals surface area contributed by atoms with Gasteiger partial charge in [-0.2, -0.15) is 0 Å². The molecule has 1 unspecified atom stereocenters. The van der Waals surface area contributed by atoms with E-state index >= 15 is 0 Å². The number of rotatable bonds is 2. The fourth-order valence-corrected chi connectivity index (χ4v) is 3.01. The first-order chi connectivity index (χ1) is 13.0. The van der Waals surface area contributed by atoms with Gasteiger partial charge in [0, 0.05) is 12.0 Å². The third kappa shape index (κ3) is 3.05. The lowest BCUT2D eigenvalue weighted by atomic mass is 9.89. The monoisotopic (exact) mass is 368 g/mol. The van der Waals surface area contributed by atoms with Crippen molar-refractivity contribution in [2.24, 2.45) is 0 Å². The van der Waals surface area contributed by atoms with Crippen molar-refractivity contribution in [1.82, 2.24) is 10.9 Å². The van der Waals surface area contributed by atoms with E-state index in [1.54, 1.807) is 36.4 Å². The smallest absolute Gasteiger partial charge is 0.339 e. The van der Waals surface area contributed by atoms with Crippen LogP contribution in [0.3, 0.4) is 0 Å². The fraction of sp³-hybridized carbons (Fsp3) is 0.211. The van der Waals surface area contributed by atoms with Crippen LogP contribution in [0.15, 0.2) is 42.5 Å². The second kappa shape index (κ2) is 6.31. The number of hydrazine groups is 1. The molecule has 2 N–H and O–H groups in total. The largest absolute Gasteiger partial charge is 0.454 e. The Morgan fingerprint density at radius 2 is 1.81 bits per heavy atom. The summed E-state index contributed by atoms with van der Waals surface area (Å²) >= 11 is 0. The second-order valence-corrected chi connectivity index (χ2v) is 6.43. The Labute approximate surface area is 154 Å². The van der Waals surface area contributed by atoms with Gasteiger partial charge in [0.2, 0.25) is 6.79 Å². The number of fused-ring (bicyclic) bond motifs is 2. The van der Waals surface area contributed by atoms with Crippen molar-refractivity contribution >= 4 is 17.8 Å². The van der Waals surface area contributed by atoms with Crippen molar-refractivity contribution in [3.63, 3.8) is 0 Å². The van der Waals surface area contributed by atoms with Gasteiger partial charge in [0.1, 0.15) is 0 Å². The standard InChI is InChI=1S/C19H16N2O6/c1-19(9-12-4-2-3-5-13(12)17(23)27-19)18(24)21-20-16(22)11-6-7-14-15(8-11)26-10-25-14/h2-8H,9-10H2,1H3,(H,20,22)(H,21,24). The minimum absolute atomic E-state index is 0.0995. The topological polar surface area (TPSA) is 103 Å². The van der Waals surface area contributed by atoms with Crippen molar-refractivity contribution < 1.29 is 28.6 Å². The number of cyclic esters (lactones) is 1. The SMILES string of the molecule is CC1(C(=O)NNC(=O)c2ccc3c(c2)OCO3)Cc2ccccc2C(=O)O1. The van der Waals surface area contributed by atoms with E-state index in [1.165, 1.54) is 13.0 Å². The lowest BCUT2D eigenvalue weighted by molar-refractivity contribution is -0.140. The van der Waals surface area contributed by atoms with Crippen molar-refractivity contribution in [2.75, 3.05) is 6.79 Å². The third-order valence-electron chi connectivity index (χ3n) is 4.49. The van der Waals surface area contributed by atoms with Gasteiger partial charge in [0.25, 0.3) is 11.8 Å². The van der Waals surface area contributed by atoms with E-state index in [1.807, 2.05) is 0 Å². The molecule has 8 nitrogen and oxygen atoms in total. The predicted molar refractivity (Wildman–Crippen MR) is 92.1 cm³/mol. The number of hydrogen-bond acceptors (Lipinski definition) is 6. The maximum atomic E-state index is 12.6. The molecule has 0 aromatic heterocycles. The number of esters is 1. The zero-order valence-electron chi connectivity index (χ0n) is 14.4. The zero-order valence-corrected chi connectivity index (χ0v) is 14.4. The Kier molecular flexibility index (Phi) is 3.95. The first-order valence-corrected chi connectivity index (χ1v) is 8.28. The summed E-state index contributed by atoms with van der Waals surface area (Å²) in [5.74, 6) is -0.724. The second-order valence-electron chi connectivity index (χ2n) is 6.43. The van der Waals surface area contributed by atoms with Crippen molar-refractivity contribution in [1.29, 1.82) is 0 Å². The number of ether oxygens (including phenoxy) is 3. The van der Waals surface area contributed by atoms with E-state index in [9.17, 15) is 14.4 Å². The highest BCUT2D eigenvalue weighted by Gasteiger charge is 2.42. The van der Waals surface area contributed by atoms with Crippen LogP contribution in [0.1, 0.15) is 33.2 Å². The molecule has 0 spiro atoms. The summed E-state index contributed by atoms with van der Waals surface area (Å²) in [5.41, 5.74) is 4.67. The first kappa shape index (κ1) is 16.9. The number of amides is 2. The van der Waals surface area contributed by atoms with E-state index in [0.29, 0.717) is 22.6 Å². The zero-order chi connectivity index (χ0) is 19.0. The minimum Gasteiger partial charge on any atom is -0.454 e. The van der Waals surface area contributed by atoms with Crippen LogP contribution in [0.4, 0.5) is 0 Å². The summed E-state index contributed by atoms with van der Waals surface area (Å²) in [4.78, 5) is 37.0. The molecule has 2 aliphatic rings. The molecule has 0 aliphatic carbocycles. The van der Waals surface area contributed by atoms with E-state index in [4.69, 9.17) is 14.2 Å². The Bertz CT molecular complexity index is 957. The average molecular weight is 368 g/mol. The average Bonchev–Trinajstić information content (AvgIpc) is 3.13. The Balaban J connectivity index is 1.43. The van der Waals surface area contributed by atoms with Gasteiger partial charge in [-0.15, -0.1) is 0 Å². The summed E-state index contributed by atoms with van der Waals surface area (Å²) in [5, 5.41) is 0. The molecule has 8 heteroatoms.